The van der Waals surface area contributed by atoms with Crippen LogP contribution in [0.3, 0.4) is 0 Å². The summed E-state index contributed by atoms with van der Waals surface area (Å²) >= 11 is 0. The highest BCUT2D eigenvalue weighted by atomic mass is 32.2. The van der Waals surface area contributed by atoms with Gasteiger partial charge in [0.2, 0.25) is 27.7 Å². The molecule has 5 atom stereocenters. The van der Waals surface area contributed by atoms with Gasteiger partial charge in [-0.1, -0.05) is 61.4 Å². The van der Waals surface area contributed by atoms with E-state index in [1.165, 1.54) is 17.3 Å². The molecule has 14 heteroatoms. The number of pyridine rings is 1. The van der Waals surface area contributed by atoms with Crippen molar-refractivity contribution in [2.75, 3.05) is 6.54 Å². The van der Waals surface area contributed by atoms with E-state index in [4.69, 9.17) is 9.72 Å². The van der Waals surface area contributed by atoms with Crippen molar-refractivity contribution in [3.63, 3.8) is 0 Å². The number of sulfonamides is 1. The Labute approximate surface area is 319 Å². The molecule has 1 unspecified atom stereocenters. The van der Waals surface area contributed by atoms with Crippen molar-refractivity contribution in [3.05, 3.63) is 84.5 Å². The maximum Gasteiger partial charge on any atom is 0.272 e. The minimum Gasteiger partial charge on any atom is -0.472 e. The zero-order valence-electron chi connectivity index (χ0n) is 30.6. The second-order valence-electron chi connectivity index (χ2n) is 15.4. The lowest BCUT2D eigenvalue weighted by Crippen LogP contribution is -2.52. The predicted octanol–water partition coefficient (Wildman–Crippen LogP) is 4.73. The van der Waals surface area contributed by atoms with Crippen LogP contribution in [0.1, 0.15) is 80.4 Å². The van der Waals surface area contributed by atoms with Crippen LogP contribution in [0.5, 0.6) is 5.88 Å². The third kappa shape index (κ3) is 7.56. The van der Waals surface area contributed by atoms with E-state index in [9.17, 15) is 27.6 Å². The van der Waals surface area contributed by atoms with Gasteiger partial charge in [0.15, 0.2) is 5.78 Å². The number of ether oxygens (including phenoxy) is 1. The molecular weight excluding hydrogens is 721 g/mol. The maximum absolute atomic E-state index is 14.7. The summed E-state index contributed by atoms with van der Waals surface area (Å²) in [5.41, 5.74) is 0.193. The predicted molar refractivity (Wildman–Crippen MR) is 204 cm³/mol. The lowest BCUT2D eigenvalue weighted by Gasteiger charge is -2.29. The number of para-hydroxylation sites is 1. The number of nitrogens with one attached hydrogen (secondary N) is 2. The molecule has 2 aromatic heterocycles. The third-order valence-electron chi connectivity index (χ3n) is 11.4. The summed E-state index contributed by atoms with van der Waals surface area (Å²) in [6.07, 6.45) is 10.6. The normalized spacial score (nSPS) is 26.7. The van der Waals surface area contributed by atoms with E-state index in [1.807, 2.05) is 60.7 Å². The van der Waals surface area contributed by atoms with Gasteiger partial charge in [-0.05, 0) is 68.9 Å². The van der Waals surface area contributed by atoms with E-state index < -0.39 is 56.6 Å². The van der Waals surface area contributed by atoms with Crippen LogP contribution in [-0.2, 0) is 24.4 Å². The van der Waals surface area contributed by atoms with Crippen LogP contribution in [0, 0.1) is 18.3 Å². The lowest BCUT2D eigenvalue weighted by molar-refractivity contribution is -0.140. The molecule has 2 aromatic carbocycles. The Bertz CT molecular complexity index is 2310. The SMILES string of the molecule is Cc1cnc(C(=O)N[C@H]2CCCCC/C=C\[C@@H]3CC3(C(=O)NS(=O)(=O)C3CC3)CC(=O)[C@@H]3C[C@@H](Oc4nc5ccccc5c5ccccc45)CN3C2=O)cn1. The molecule has 4 aromatic rings. The number of hydrogen-bond donors (Lipinski definition) is 2. The molecular formula is C41H44N6O7S. The number of aromatic nitrogens is 3. The first kappa shape index (κ1) is 36.7. The van der Waals surface area contributed by atoms with E-state index in [0.29, 0.717) is 43.7 Å². The highest BCUT2D eigenvalue weighted by Gasteiger charge is 2.61. The molecule has 55 heavy (non-hydrogen) atoms. The third-order valence-corrected chi connectivity index (χ3v) is 13.2. The minimum atomic E-state index is -3.85. The number of ketones is 1. The quantitative estimate of drug-likeness (QED) is 0.198. The Morgan fingerprint density at radius 2 is 1.69 bits per heavy atom. The van der Waals surface area contributed by atoms with Gasteiger partial charge in [0.05, 0.1) is 40.7 Å². The number of carbonyl (C=O) groups excluding carboxylic acids is 4. The molecule has 13 nitrogen and oxygen atoms in total. The number of Topliss-reactive ketones (excluding diaryl/α,β-unsaturated/α-hetero) is 1. The first-order valence-corrected chi connectivity index (χ1v) is 20.7. The molecule has 2 saturated carbocycles. The Morgan fingerprint density at radius 1 is 0.927 bits per heavy atom. The fourth-order valence-corrected chi connectivity index (χ4v) is 9.44. The second-order valence-corrected chi connectivity index (χ2v) is 17.3. The molecule has 0 bridgehead atoms. The first-order chi connectivity index (χ1) is 26.5. The number of allylic oxidation sites excluding steroid dienone is 2. The summed E-state index contributed by atoms with van der Waals surface area (Å²) in [4.78, 5) is 71.2. The van der Waals surface area contributed by atoms with Gasteiger partial charge in [0.25, 0.3) is 5.91 Å². The Balaban J connectivity index is 1.12. The smallest absolute Gasteiger partial charge is 0.272 e. The lowest BCUT2D eigenvalue weighted by atomic mass is 9.91. The average molecular weight is 765 g/mol. The van der Waals surface area contributed by atoms with Crippen molar-refractivity contribution >= 4 is 55.2 Å². The molecule has 8 rings (SSSR count). The van der Waals surface area contributed by atoms with Crippen LogP contribution in [0.15, 0.2) is 73.1 Å². The van der Waals surface area contributed by atoms with Crippen molar-refractivity contribution in [1.82, 2.24) is 29.9 Å². The van der Waals surface area contributed by atoms with Crippen LogP contribution in [0.2, 0.25) is 0 Å². The zero-order valence-corrected chi connectivity index (χ0v) is 31.5. The first-order valence-electron chi connectivity index (χ1n) is 19.1. The summed E-state index contributed by atoms with van der Waals surface area (Å²) in [6, 6.07) is 13.5. The number of aryl methyl sites for hydroxylation is 1. The van der Waals surface area contributed by atoms with Crippen LogP contribution < -0.4 is 14.8 Å². The molecule has 0 radical (unpaired) electrons. The fourth-order valence-electron chi connectivity index (χ4n) is 8.05. The minimum absolute atomic E-state index is 0.0351. The van der Waals surface area contributed by atoms with Crippen LogP contribution >= 0.6 is 0 Å². The molecule has 3 amide bonds. The van der Waals surface area contributed by atoms with Crippen molar-refractivity contribution in [2.45, 2.75) is 94.6 Å². The maximum atomic E-state index is 14.7. The monoisotopic (exact) mass is 764 g/mol. The van der Waals surface area contributed by atoms with Gasteiger partial charge in [-0.3, -0.25) is 28.9 Å². The molecule has 2 aliphatic heterocycles. The molecule has 2 aliphatic carbocycles. The number of benzene rings is 2. The molecule has 1 saturated heterocycles. The summed E-state index contributed by atoms with van der Waals surface area (Å²) < 4.78 is 34.7. The number of hydrogen-bond acceptors (Lipinski definition) is 10. The largest absolute Gasteiger partial charge is 0.472 e. The van der Waals surface area contributed by atoms with Gasteiger partial charge in [0.1, 0.15) is 17.8 Å². The van der Waals surface area contributed by atoms with Crippen LogP contribution in [0.25, 0.3) is 21.7 Å². The Kier molecular flexibility index (Phi) is 9.87. The van der Waals surface area contributed by atoms with Gasteiger partial charge < -0.3 is 15.0 Å². The highest BCUT2D eigenvalue weighted by molar-refractivity contribution is 7.90. The van der Waals surface area contributed by atoms with Crippen LogP contribution in [0.4, 0.5) is 0 Å². The highest BCUT2D eigenvalue weighted by Crippen LogP contribution is 2.57. The van der Waals surface area contributed by atoms with Gasteiger partial charge in [-0.15, -0.1) is 0 Å². The van der Waals surface area contributed by atoms with Crippen molar-refractivity contribution < 1.29 is 32.3 Å². The topological polar surface area (TPSA) is 178 Å². The van der Waals surface area contributed by atoms with E-state index in [-0.39, 0.29) is 36.8 Å². The fraction of sp³-hybridized carbons (Fsp3) is 0.439. The molecule has 2 N–H and O–H groups in total. The van der Waals surface area contributed by atoms with E-state index >= 15 is 0 Å². The Hall–Kier alpha value is -5.24. The van der Waals surface area contributed by atoms with Gasteiger partial charge in [0, 0.05) is 29.8 Å². The molecule has 0 spiro atoms. The van der Waals surface area contributed by atoms with Crippen molar-refractivity contribution in [2.24, 2.45) is 11.3 Å². The molecule has 3 fully saturated rings. The van der Waals surface area contributed by atoms with Crippen molar-refractivity contribution in [3.8, 4) is 5.88 Å². The number of fused-ring (bicyclic) bond motifs is 5. The summed E-state index contributed by atoms with van der Waals surface area (Å²) in [5.74, 6) is -1.98. The van der Waals surface area contributed by atoms with E-state index in [0.717, 1.165) is 40.9 Å². The Morgan fingerprint density at radius 3 is 2.45 bits per heavy atom. The van der Waals surface area contributed by atoms with E-state index in [1.54, 1.807) is 6.92 Å². The molecule has 286 valence electrons. The number of nitrogens with zero attached hydrogens (tertiary/aromatic N) is 4. The van der Waals surface area contributed by atoms with Gasteiger partial charge >= 0.3 is 0 Å². The van der Waals surface area contributed by atoms with Crippen LogP contribution in [-0.4, -0.2) is 81.8 Å². The molecule has 4 heterocycles. The van der Waals surface area contributed by atoms with E-state index in [2.05, 4.69) is 20.0 Å². The summed E-state index contributed by atoms with van der Waals surface area (Å²) in [5, 5.41) is 4.98. The van der Waals surface area contributed by atoms with Gasteiger partial charge in [-0.25, -0.2) is 18.4 Å². The number of amides is 3. The van der Waals surface area contributed by atoms with Crippen molar-refractivity contribution in [1.29, 1.82) is 0 Å². The summed E-state index contributed by atoms with van der Waals surface area (Å²) in [6.45, 7) is 1.80. The number of carbonyl (C=O) groups is 4. The zero-order chi connectivity index (χ0) is 38.3. The number of rotatable bonds is 7. The standard InChI is InChI=1S/C41H44N6O7S/c1-25-22-43-34(23-42-25)37(49)44-33-16-6-4-2-3-5-11-26-20-41(26,40(51)46-55(52,53)28-17-18-28)21-36(48)35-19-27(24-47(35)39(33)50)54-38-31-14-8-7-12-29(31)30-13-9-10-15-32(30)45-38/h5,7-15,22-23,26-28,33,35H,2-4,6,16-21,24H2,1H3,(H,44,49)(H,46,51)/b11-5-/t26-,27-,33+,35+,41?/m1/s1. The molecule has 4 aliphatic rings. The second kappa shape index (κ2) is 14.8. The summed E-state index contributed by atoms with van der Waals surface area (Å²) in [7, 11) is -3.85. The van der Waals surface area contributed by atoms with Gasteiger partial charge in [-0.2, -0.15) is 0 Å². The average Bonchev–Trinajstić information content (AvgIpc) is 4.11.